The number of aromatic nitrogens is 1. The van der Waals surface area contributed by atoms with Crippen LogP contribution >= 0.6 is 0 Å². The third-order valence-corrected chi connectivity index (χ3v) is 3.10. The van der Waals surface area contributed by atoms with Crippen molar-refractivity contribution in [2.75, 3.05) is 0 Å². The lowest BCUT2D eigenvalue weighted by Gasteiger charge is -2.16. The van der Waals surface area contributed by atoms with Gasteiger partial charge >= 0.3 is 0 Å². The van der Waals surface area contributed by atoms with Gasteiger partial charge in [-0.25, -0.2) is 0 Å². The Morgan fingerprint density at radius 3 is 2.68 bits per heavy atom. The Morgan fingerprint density at radius 2 is 2.00 bits per heavy atom. The first-order valence-corrected chi connectivity index (χ1v) is 6.53. The zero-order chi connectivity index (χ0) is 13.8. The van der Waals surface area contributed by atoms with Crippen molar-refractivity contribution in [3.63, 3.8) is 0 Å². The van der Waals surface area contributed by atoms with Gasteiger partial charge in [0.25, 0.3) is 0 Å². The second-order valence-electron chi connectivity index (χ2n) is 4.99. The van der Waals surface area contributed by atoms with Crippen molar-refractivity contribution in [1.29, 1.82) is 0 Å². The molecule has 0 atom stereocenters. The van der Waals surface area contributed by atoms with E-state index in [2.05, 4.69) is 44.0 Å². The van der Waals surface area contributed by atoms with Crippen molar-refractivity contribution in [1.82, 2.24) is 4.98 Å². The fourth-order valence-electron chi connectivity index (χ4n) is 1.99. The molecule has 0 aliphatic carbocycles. The lowest BCUT2D eigenvalue weighted by molar-refractivity contribution is 0.464. The molecule has 0 radical (unpaired) electrons. The molecule has 0 spiro atoms. The Kier molecular flexibility index (Phi) is 4.17. The van der Waals surface area contributed by atoms with Crippen LogP contribution in [0.15, 0.2) is 36.7 Å². The maximum atomic E-state index is 6.03. The SMILES string of the molecule is Cc1ccc(C(C)C)c(Oc2cnccc2CN)c1. The van der Waals surface area contributed by atoms with Crippen LogP contribution in [0.2, 0.25) is 0 Å². The molecular weight excluding hydrogens is 236 g/mol. The molecule has 3 nitrogen and oxygen atoms in total. The van der Waals surface area contributed by atoms with Crippen LogP contribution in [0, 0.1) is 6.92 Å². The van der Waals surface area contributed by atoms with Gasteiger partial charge in [0, 0.05) is 18.3 Å². The molecule has 0 saturated heterocycles. The Hall–Kier alpha value is -1.87. The van der Waals surface area contributed by atoms with Crippen molar-refractivity contribution in [2.45, 2.75) is 33.2 Å². The second kappa shape index (κ2) is 5.85. The van der Waals surface area contributed by atoms with E-state index in [4.69, 9.17) is 10.5 Å². The van der Waals surface area contributed by atoms with Gasteiger partial charge in [-0.3, -0.25) is 4.98 Å². The maximum Gasteiger partial charge on any atom is 0.150 e. The van der Waals surface area contributed by atoms with Gasteiger partial charge in [-0.2, -0.15) is 0 Å². The molecule has 19 heavy (non-hydrogen) atoms. The predicted molar refractivity (Wildman–Crippen MR) is 77.5 cm³/mol. The first kappa shape index (κ1) is 13.6. The van der Waals surface area contributed by atoms with E-state index >= 15 is 0 Å². The maximum absolute atomic E-state index is 6.03. The molecular formula is C16H20N2O. The summed E-state index contributed by atoms with van der Waals surface area (Å²) in [5.74, 6) is 2.03. The summed E-state index contributed by atoms with van der Waals surface area (Å²) in [5, 5.41) is 0. The number of hydrogen-bond acceptors (Lipinski definition) is 3. The second-order valence-corrected chi connectivity index (χ2v) is 4.99. The third kappa shape index (κ3) is 3.12. The molecule has 0 aliphatic heterocycles. The summed E-state index contributed by atoms with van der Waals surface area (Å²) in [6.07, 6.45) is 3.45. The minimum absolute atomic E-state index is 0.411. The summed E-state index contributed by atoms with van der Waals surface area (Å²) in [5.41, 5.74) is 9.06. The van der Waals surface area contributed by atoms with Gasteiger partial charge in [-0.1, -0.05) is 26.0 Å². The molecule has 2 rings (SSSR count). The number of rotatable bonds is 4. The molecule has 1 aromatic heterocycles. The Labute approximate surface area is 114 Å². The summed E-state index contributed by atoms with van der Waals surface area (Å²) in [6, 6.07) is 8.17. The minimum Gasteiger partial charge on any atom is -0.455 e. The van der Waals surface area contributed by atoms with E-state index < -0.39 is 0 Å². The Morgan fingerprint density at radius 1 is 1.21 bits per heavy atom. The van der Waals surface area contributed by atoms with E-state index in [1.807, 2.05) is 6.07 Å². The topological polar surface area (TPSA) is 48.1 Å². The lowest BCUT2D eigenvalue weighted by atomic mass is 10.0. The summed E-state index contributed by atoms with van der Waals surface area (Å²) < 4.78 is 6.03. The predicted octanol–water partition coefficient (Wildman–Crippen LogP) is 3.76. The molecule has 0 fully saturated rings. The molecule has 0 bridgehead atoms. The average molecular weight is 256 g/mol. The van der Waals surface area contributed by atoms with Crippen LogP contribution in [0.5, 0.6) is 11.5 Å². The standard InChI is InChI=1S/C16H20N2O/c1-11(2)14-5-4-12(3)8-15(14)19-16-10-18-7-6-13(16)9-17/h4-8,10-11H,9,17H2,1-3H3. The normalized spacial score (nSPS) is 10.8. The fourth-order valence-corrected chi connectivity index (χ4v) is 1.99. The van der Waals surface area contributed by atoms with Crippen molar-refractivity contribution < 1.29 is 4.74 Å². The van der Waals surface area contributed by atoms with Gasteiger partial charge in [0.15, 0.2) is 0 Å². The van der Waals surface area contributed by atoms with Crippen LogP contribution in [-0.4, -0.2) is 4.98 Å². The highest BCUT2D eigenvalue weighted by Crippen LogP contribution is 2.32. The van der Waals surface area contributed by atoms with Gasteiger partial charge in [0.05, 0.1) is 6.20 Å². The van der Waals surface area contributed by atoms with E-state index in [-0.39, 0.29) is 0 Å². The zero-order valence-electron chi connectivity index (χ0n) is 11.7. The minimum atomic E-state index is 0.411. The van der Waals surface area contributed by atoms with Crippen LogP contribution in [0.25, 0.3) is 0 Å². The van der Waals surface area contributed by atoms with Crippen LogP contribution in [-0.2, 0) is 6.54 Å². The number of pyridine rings is 1. The van der Waals surface area contributed by atoms with Crippen LogP contribution in [0.3, 0.4) is 0 Å². The van der Waals surface area contributed by atoms with Crippen LogP contribution < -0.4 is 10.5 Å². The first-order chi connectivity index (χ1) is 9.11. The van der Waals surface area contributed by atoms with Gasteiger partial charge in [-0.05, 0) is 36.1 Å². The molecule has 1 heterocycles. The first-order valence-electron chi connectivity index (χ1n) is 6.53. The lowest BCUT2D eigenvalue weighted by Crippen LogP contribution is -2.01. The summed E-state index contributed by atoms with van der Waals surface area (Å²) in [7, 11) is 0. The average Bonchev–Trinajstić information content (AvgIpc) is 2.39. The molecule has 0 unspecified atom stereocenters. The van der Waals surface area contributed by atoms with E-state index in [1.165, 1.54) is 11.1 Å². The summed E-state index contributed by atoms with van der Waals surface area (Å²) in [4.78, 5) is 4.11. The smallest absolute Gasteiger partial charge is 0.150 e. The van der Waals surface area contributed by atoms with E-state index in [0.717, 1.165) is 17.1 Å². The van der Waals surface area contributed by atoms with Gasteiger partial charge in [-0.15, -0.1) is 0 Å². The van der Waals surface area contributed by atoms with Crippen molar-refractivity contribution in [2.24, 2.45) is 5.73 Å². The van der Waals surface area contributed by atoms with Gasteiger partial charge in [0.2, 0.25) is 0 Å². The number of ether oxygens (including phenoxy) is 1. The van der Waals surface area contributed by atoms with E-state index in [1.54, 1.807) is 12.4 Å². The van der Waals surface area contributed by atoms with Gasteiger partial charge in [0.1, 0.15) is 11.5 Å². The molecule has 2 aromatic rings. The van der Waals surface area contributed by atoms with Crippen LogP contribution in [0.1, 0.15) is 36.5 Å². The molecule has 2 N–H and O–H groups in total. The third-order valence-electron chi connectivity index (χ3n) is 3.10. The number of nitrogens with two attached hydrogens (primary N) is 1. The zero-order valence-corrected chi connectivity index (χ0v) is 11.7. The van der Waals surface area contributed by atoms with E-state index in [9.17, 15) is 0 Å². The fraction of sp³-hybridized carbons (Fsp3) is 0.312. The summed E-state index contributed by atoms with van der Waals surface area (Å²) >= 11 is 0. The van der Waals surface area contributed by atoms with Crippen molar-refractivity contribution in [3.05, 3.63) is 53.3 Å². The molecule has 0 aliphatic rings. The van der Waals surface area contributed by atoms with Crippen LogP contribution in [0.4, 0.5) is 0 Å². The Bertz CT molecular complexity index is 564. The van der Waals surface area contributed by atoms with Crippen molar-refractivity contribution in [3.8, 4) is 11.5 Å². The highest BCUT2D eigenvalue weighted by atomic mass is 16.5. The highest BCUT2D eigenvalue weighted by molar-refractivity contribution is 5.43. The number of benzene rings is 1. The monoisotopic (exact) mass is 256 g/mol. The number of hydrogen-bond donors (Lipinski definition) is 1. The highest BCUT2D eigenvalue weighted by Gasteiger charge is 2.11. The molecule has 3 heteroatoms. The molecule has 0 amide bonds. The van der Waals surface area contributed by atoms with Gasteiger partial charge < -0.3 is 10.5 Å². The quantitative estimate of drug-likeness (QED) is 0.906. The molecule has 0 saturated carbocycles. The van der Waals surface area contributed by atoms with Crippen molar-refractivity contribution >= 4 is 0 Å². The largest absolute Gasteiger partial charge is 0.455 e. The summed E-state index contributed by atoms with van der Waals surface area (Å²) in [6.45, 7) is 6.82. The molecule has 100 valence electrons. The number of aryl methyl sites for hydroxylation is 1. The number of nitrogens with zero attached hydrogens (tertiary/aromatic N) is 1. The van der Waals surface area contributed by atoms with E-state index in [0.29, 0.717) is 12.5 Å². The molecule has 1 aromatic carbocycles. The Balaban J connectivity index is 2.39.